The van der Waals surface area contributed by atoms with Crippen LogP contribution in [0.25, 0.3) is 32.7 Å². The van der Waals surface area contributed by atoms with Crippen LogP contribution in [0.5, 0.6) is 11.5 Å². The van der Waals surface area contributed by atoms with Crippen molar-refractivity contribution in [2.24, 2.45) is 20.5 Å². The van der Waals surface area contributed by atoms with E-state index in [1.54, 1.807) is 84.9 Å². The summed E-state index contributed by atoms with van der Waals surface area (Å²) >= 11 is 0. The molecule has 0 saturated carbocycles. The fraction of sp³-hybridized carbons (Fsp3) is 0.0612. The molecule has 0 saturated heterocycles. The summed E-state index contributed by atoms with van der Waals surface area (Å²) in [4.78, 5) is 32.7. The zero-order chi connectivity index (χ0) is 46.3. The van der Waals surface area contributed by atoms with E-state index in [9.17, 15) is 46.1 Å². The van der Waals surface area contributed by atoms with Gasteiger partial charge in [-0.3, -0.25) is 19.9 Å². The molecule has 0 heterocycles. The number of nitrogens with one attached hydrogen (secondary N) is 2. The number of phenols is 2. The van der Waals surface area contributed by atoms with Crippen molar-refractivity contribution in [1.82, 2.24) is 0 Å². The monoisotopic (exact) mass is 896 g/mol. The van der Waals surface area contributed by atoms with Crippen molar-refractivity contribution < 1.29 is 51.0 Å². The van der Waals surface area contributed by atoms with Gasteiger partial charge in [0.2, 0.25) is 0 Å². The van der Waals surface area contributed by atoms with E-state index in [0.29, 0.717) is 43.8 Å². The zero-order valence-corrected chi connectivity index (χ0v) is 33.7. The zero-order valence-electron chi connectivity index (χ0n) is 33.7. The summed E-state index contributed by atoms with van der Waals surface area (Å²) in [6.07, 6.45) is -9.18. The van der Waals surface area contributed by atoms with E-state index in [2.05, 4.69) is 31.3 Å². The highest BCUT2D eigenvalue weighted by Gasteiger charge is 2.32. The molecule has 1 amide bonds. The molecule has 11 nitrogen and oxygen atoms in total. The van der Waals surface area contributed by atoms with Crippen LogP contribution in [0.1, 0.15) is 43.0 Å². The molecule has 66 heavy (non-hydrogen) atoms. The van der Waals surface area contributed by atoms with Crippen LogP contribution in [-0.4, -0.2) is 21.9 Å². The lowest BCUT2D eigenvalue weighted by Gasteiger charge is -2.13. The quantitative estimate of drug-likeness (QED) is 0.0608. The van der Waals surface area contributed by atoms with Crippen LogP contribution in [0.15, 0.2) is 166 Å². The van der Waals surface area contributed by atoms with Crippen molar-refractivity contribution in [1.29, 1.82) is 0 Å². The lowest BCUT2D eigenvalue weighted by Crippen LogP contribution is -2.13. The van der Waals surface area contributed by atoms with Gasteiger partial charge in [-0.2, -0.15) is 36.6 Å². The van der Waals surface area contributed by atoms with Gasteiger partial charge in [-0.1, -0.05) is 72.8 Å². The maximum atomic E-state index is 13.9. The van der Waals surface area contributed by atoms with Crippen LogP contribution < -0.4 is 10.8 Å². The van der Waals surface area contributed by atoms with Crippen molar-refractivity contribution >= 4 is 67.4 Å². The largest absolute Gasteiger partial charge is 0.505 e. The number of alkyl halides is 6. The smallest absolute Gasteiger partial charge is 0.416 e. The Balaban J connectivity index is 0.950. The molecule has 0 aliphatic heterocycles. The number of nitrogens with zero attached hydrogens (tertiary/aromatic N) is 4. The van der Waals surface area contributed by atoms with E-state index in [4.69, 9.17) is 4.84 Å². The lowest BCUT2D eigenvalue weighted by molar-refractivity contribution is -0.138. The first kappa shape index (κ1) is 42.8. The number of hydrogen-bond donors (Lipinski definition) is 4. The maximum Gasteiger partial charge on any atom is 0.416 e. The number of carbonyl (C=O) groups excluding carboxylic acids is 2. The summed E-state index contributed by atoms with van der Waals surface area (Å²) in [5, 5.41) is 44.5. The second kappa shape index (κ2) is 16.9. The average molecular weight is 897 g/mol. The van der Waals surface area contributed by atoms with E-state index in [-0.39, 0.29) is 63.4 Å². The lowest BCUT2D eigenvalue weighted by atomic mass is 10.0. The van der Waals surface area contributed by atoms with Gasteiger partial charge in [0, 0.05) is 33.2 Å². The molecule has 0 atom stereocenters. The molecule has 17 heteroatoms. The molecule has 0 aromatic heterocycles. The number of hydrogen-bond acceptors (Lipinski definition) is 10. The van der Waals surface area contributed by atoms with Crippen LogP contribution in [0, 0.1) is 0 Å². The van der Waals surface area contributed by atoms with Crippen molar-refractivity contribution in [3.63, 3.8) is 0 Å². The van der Waals surface area contributed by atoms with E-state index in [0.717, 1.165) is 30.3 Å². The summed E-state index contributed by atoms with van der Waals surface area (Å²) in [6.45, 7) is -0.254. The Morgan fingerprint density at radius 2 is 1.06 bits per heavy atom. The molecule has 0 radical (unpaired) electrons. The van der Waals surface area contributed by atoms with Gasteiger partial charge in [-0.05, 0) is 94.7 Å². The number of phenolic OH excluding ortho intramolecular Hbond substituents is 2. The Hall–Kier alpha value is -8.44. The van der Waals surface area contributed by atoms with Gasteiger partial charge in [-0.25, -0.2) is 0 Å². The molecule has 4 N–H and O–H groups in total. The van der Waals surface area contributed by atoms with Gasteiger partial charge in [-0.15, -0.1) is 10.2 Å². The number of rotatable bonds is 10. The molecular formula is C49H30F6N6O5. The predicted octanol–water partition coefficient (Wildman–Crippen LogP) is 14.3. The highest BCUT2D eigenvalue weighted by atomic mass is 19.4. The molecule has 1 aliphatic rings. The number of aromatic hydroxyl groups is 2. The van der Waals surface area contributed by atoms with Crippen LogP contribution >= 0.6 is 0 Å². The Labute approximate surface area is 369 Å². The first-order valence-electron chi connectivity index (χ1n) is 19.8. The molecule has 0 unspecified atom stereocenters. The third-order valence-electron chi connectivity index (χ3n) is 10.7. The van der Waals surface area contributed by atoms with Crippen molar-refractivity contribution in [2.75, 3.05) is 10.8 Å². The molecule has 8 aromatic rings. The average Bonchev–Trinajstić information content (AvgIpc) is 3.57. The summed E-state index contributed by atoms with van der Waals surface area (Å²) in [6, 6.07) is 35.1. The summed E-state index contributed by atoms with van der Waals surface area (Å²) < 4.78 is 79.6. The molecule has 0 spiro atoms. The number of azo groups is 2. The molecule has 328 valence electrons. The van der Waals surface area contributed by atoms with Gasteiger partial charge >= 0.3 is 12.4 Å². The number of ketones is 1. The van der Waals surface area contributed by atoms with E-state index in [1.165, 1.54) is 30.3 Å². The summed E-state index contributed by atoms with van der Waals surface area (Å²) in [7, 11) is 0. The number of benzene rings is 8. The van der Waals surface area contributed by atoms with Crippen molar-refractivity contribution in [2.45, 2.75) is 19.0 Å². The van der Waals surface area contributed by atoms with E-state index >= 15 is 0 Å². The fourth-order valence-electron chi connectivity index (χ4n) is 7.50. The normalized spacial score (nSPS) is 12.6. The van der Waals surface area contributed by atoms with Gasteiger partial charge in [0.15, 0.2) is 11.5 Å². The van der Waals surface area contributed by atoms with E-state index in [1.807, 2.05) is 0 Å². The van der Waals surface area contributed by atoms with Crippen LogP contribution in [-0.2, 0) is 23.8 Å². The minimum atomic E-state index is -4.64. The molecule has 0 bridgehead atoms. The maximum absolute atomic E-state index is 13.9. The van der Waals surface area contributed by atoms with Crippen LogP contribution in [0.3, 0.4) is 0 Å². The summed E-state index contributed by atoms with van der Waals surface area (Å²) in [5.74, 6) is -2.08. The van der Waals surface area contributed by atoms with Crippen LogP contribution in [0.4, 0.5) is 60.5 Å². The summed E-state index contributed by atoms with van der Waals surface area (Å²) in [5.41, 5.74) is 2.94. The number of carbonyl (C=O) groups is 2. The number of fused-ring (bicyclic) bond motifs is 5. The molecule has 9 rings (SSSR count). The molecule has 1 aliphatic carbocycles. The minimum absolute atomic E-state index is 0.0561. The number of halogens is 6. The standard InChI is InChI=1S/C49H30F6N6O5/c50-48(51,52)29-9-5-11-31(21-29)56-47(65)41-20-27-8-2-4-14-36(27)43(46(41)64)60-58-33-16-18-38-37-17-15-32(23-39(37)45(63)40(38)24-33)57-59-42-35-13-3-1-7-26(35)19-28(44(42)62)25-66-61-34-12-6-10-30(22-34)49(53,54)55/h1-24,61-62,64H,25H2,(H,56,65). The predicted molar refractivity (Wildman–Crippen MR) is 234 cm³/mol. The Kier molecular flexibility index (Phi) is 11.0. The Morgan fingerprint density at radius 1 is 0.545 bits per heavy atom. The third-order valence-corrected chi connectivity index (χ3v) is 10.7. The van der Waals surface area contributed by atoms with Crippen LogP contribution in [0.2, 0.25) is 0 Å². The van der Waals surface area contributed by atoms with Gasteiger partial charge in [0.05, 0.1) is 33.8 Å². The number of anilines is 2. The van der Waals surface area contributed by atoms with Gasteiger partial charge in [0.1, 0.15) is 23.7 Å². The Morgan fingerprint density at radius 3 is 1.64 bits per heavy atom. The molecule has 0 fully saturated rings. The SMILES string of the molecule is O=C1c2cc(N=Nc3c(O)c(CONc4cccc(C(F)(F)F)c4)cc4ccccc34)ccc2-c2ccc(N=Nc3c(O)c(C(=O)Nc4cccc(C(F)(F)F)c4)cc4ccccc34)cc21. The molecule has 8 aromatic carbocycles. The third kappa shape index (κ3) is 8.49. The van der Waals surface area contributed by atoms with Gasteiger partial charge < -0.3 is 15.5 Å². The number of amides is 1. The first-order chi connectivity index (χ1) is 31.6. The fourth-order valence-corrected chi connectivity index (χ4v) is 7.50. The highest BCUT2D eigenvalue weighted by molar-refractivity contribution is 6.22. The Bertz CT molecular complexity index is 3330. The van der Waals surface area contributed by atoms with Gasteiger partial charge in [0.25, 0.3) is 5.91 Å². The second-order valence-electron chi connectivity index (χ2n) is 15.0. The topological polar surface area (TPSA) is 157 Å². The molecular weight excluding hydrogens is 867 g/mol. The highest BCUT2D eigenvalue weighted by Crippen LogP contribution is 2.44. The minimum Gasteiger partial charge on any atom is -0.505 e. The first-order valence-corrected chi connectivity index (χ1v) is 19.8. The van der Waals surface area contributed by atoms with Crippen molar-refractivity contribution in [3.8, 4) is 22.6 Å². The van der Waals surface area contributed by atoms with Crippen molar-refractivity contribution in [3.05, 3.63) is 179 Å². The van der Waals surface area contributed by atoms with E-state index < -0.39 is 35.1 Å². The second-order valence-corrected chi connectivity index (χ2v) is 15.0.